The fraction of sp³-hybridized carbons (Fsp3) is 0.636. The molecule has 0 radical (unpaired) electrons. The molecular formula is C11H17N7O. The van der Waals surface area contributed by atoms with Crippen LogP contribution in [0.15, 0.2) is 12.5 Å². The molecular weight excluding hydrogens is 246 g/mol. The van der Waals surface area contributed by atoms with Gasteiger partial charge in [-0.2, -0.15) is 20.1 Å². The molecule has 0 bridgehead atoms. The normalized spacial score (nSPS) is 20.8. The molecule has 0 aliphatic carbocycles. The summed E-state index contributed by atoms with van der Waals surface area (Å²) in [5.74, 6) is 0.836. The average molecular weight is 263 g/mol. The van der Waals surface area contributed by atoms with E-state index in [1.165, 1.54) is 6.33 Å². The van der Waals surface area contributed by atoms with Gasteiger partial charge < -0.3 is 4.74 Å². The number of aryl methyl sites for hydroxylation is 1. The van der Waals surface area contributed by atoms with Crippen molar-refractivity contribution in [2.75, 3.05) is 19.8 Å². The number of nitrogens with one attached hydrogen (secondary N) is 1. The number of hydrogen-bond donors (Lipinski definition) is 1. The number of nitrogens with zero attached hydrogens (tertiary/aromatic N) is 6. The molecule has 0 amide bonds. The lowest BCUT2D eigenvalue weighted by atomic mass is 10.2. The SMILES string of the molecule is CCn1ncc(CN2CCOCC2c2ncn[nH]2)n1. The summed E-state index contributed by atoms with van der Waals surface area (Å²) in [6, 6.07) is 0.100. The zero-order valence-electron chi connectivity index (χ0n) is 10.9. The highest BCUT2D eigenvalue weighted by Gasteiger charge is 2.27. The van der Waals surface area contributed by atoms with Gasteiger partial charge in [0.1, 0.15) is 12.2 Å². The molecule has 3 heterocycles. The van der Waals surface area contributed by atoms with Crippen molar-refractivity contribution in [2.45, 2.75) is 26.1 Å². The minimum atomic E-state index is 0.100. The van der Waals surface area contributed by atoms with Crippen LogP contribution < -0.4 is 0 Å². The number of rotatable bonds is 4. The molecule has 1 N–H and O–H groups in total. The Bertz CT molecular complexity index is 509. The van der Waals surface area contributed by atoms with E-state index in [9.17, 15) is 0 Å². The van der Waals surface area contributed by atoms with Crippen molar-refractivity contribution < 1.29 is 4.74 Å². The van der Waals surface area contributed by atoms with E-state index in [1.807, 2.05) is 13.1 Å². The standard InChI is InChI=1S/C11H17N7O/c1-2-18-14-5-9(16-18)6-17-3-4-19-7-10(17)11-12-8-13-15-11/h5,8,10H,2-4,6-7H2,1H3,(H,12,13,15). The third kappa shape index (κ3) is 2.64. The Morgan fingerprint density at radius 1 is 1.53 bits per heavy atom. The van der Waals surface area contributed by atoms with Crippen LogP contribution in [0.5, 0.6) is 0 Å². The maximum Gasteiger partial charge on any atom is 0.143 e. The Labute approximate surface area is 110 Å². The molecule has 1 saturated heterocycles. The average Bonchev–Trinajstić information content (AvgIpc) is 3.10. The summed E-state index contributed by atoms with van der Waals surface area (Å²) >= 11 is 0. The first-order valence-corrected chi connectivity index (χ1v) is 6.43. The van der Waals surface area contributed by atoms with Crippen molar-refractivity contribution in [2.24, 2.45) is 0 Å². The van der Waals surface area contributed by atoms with E-state index in [4.69, 9.17) is 4.74 Å². The van der Waals surface area contributed by atoms with Crippen molar-refractivity contribution in [1.29, 1.82) is 0 Å². The molecule has 1 aliphatic rings. The van der Waals surface area contributed by atoms with E-state index < -0.39 is 0 Å². The van der Waals surface area contributed by atoms with Crippen molar-refractivity contribution >= 4 is 0 Å². The minimum absolute atomic E-state index is 0.100. The quantitative estimate of drug-likeness (QED) is 0.835. The maximum atomic E-state index is 5.53. The molecule has 1 aliphatic heterocycles. The smallest absolute Gasteiger partial charge is 0.143 e. The monoisotopic (exact) mass is 263 g/mol. The summed E-state index contributed by atoms with van der Waals surface area (Å²) in [7, 11) is 0. The number of morpholine rings is 1. The first-order chi connectivity index (χ1) is 9.36. The fourth-order valence-electron chi connectivity index (χ4n) is 2.22. The van der Waals surface area contributed by atoms with Crippen molar-refractivity contribution in [3.8, 4) is 0 Å². The third-order valence-corrected chi connectivity index (χ3v) is 3.22. The Morgan fingerprint density at radius 3 is 3.21 bits per heavy atom. The van der Waals surface area contributed by atoms with Gasteiger partial charge in [-0.25, -0.2) is 4.98 Å². The molecule has 0 aromatic carbocycles. The molecule has 1 unspecified atom stereocenters. The van der Waals surface area contributed by atoms with Crippen LogP contribution >= 0.6 is 0 Å². The Balaban J connectivity index is 1.73. The first kappa shape index (κ1) is 12.2. The number of hydrogen-bond acceptors (Lipinski definition) is 6. The van der Waals surface area contributed by atoms with Crippen LogP contribution in [0.4, 0.5) is 0 Å². The molecule has 102 valence electrons. The molecule has 0 saturated carbocycles. The summed E-state index contributed by atoms with van der Waals surface area (Å²) in [5, 5.41) is 15.4. The second kappa shape index (κ2) is 5.45. The molecule has 2 aromatic heterocycles. The number of ether oxygens (including phenoxy) is 1. The number of H-pyrrole nitrogens is 1. The van der Waals surface area contributed by atoms with Crippen molar-refractivity contribution in [3.05, 3.63) is 24.0 Å². The lowest BCUT2D eigenvalue weighted by molar-refractivity contribution is -0.0164. The molecule has 3 rings (SSSR count). The van der Waals surface area contributed by atoms with E-state index in [0.29, 0.717) is 6.61 Å². The van der Waals surface area contributed by atoms with Gasteiger partial charge in [-0.1, -0.05) is 0 Å². The molecule has 0 spiro atoms. The lowest BCUT2D eigenvalue weighted by Crippen LogP contribution is -2.39. The van der Waals surface area contributed by atoms with Crippen LogP contribution in [0.2, 0.25) is 0 Å². The van der Waals surface area contributed by atoms with Crippen LogP contribution in [0.25, 0.3) is 0 Å². The second-order valence-corrected chi connectivity index (χ2v) is 4.46. The van der Waals surface area contributed by atoms with Crippen LogP contribution in [-0.2, 0) is 17.8 Å². The maximum absolute atomic E-state index is 5.53. The summed E-state index contributed by atoms with van der Waals surface area (Å²) in [5.41, 5.74) is 0.966. The Morgan fingerprint density at radius 2 is 2.47 bits per heavy atom. The summed E-state index contributed by atoms with van der Waals surface area (Å²) in [6.07, 6.45) is 3.34. The summed E-state index contributed by atoms with van der Waals surface area (Å²) < 4.78 is 5.53. The lowest BCUT2D eigenvalue weighted by Gasteiger charge is -2.33. The predicted molar refractivity (Wildman–Crippen MR) is 66.0 cm³/mol. The van der Waals surface area contributed by atoms with Gasteiger partial charge in [0.15, 0.2) is 0 Å². The molecule has 1 atom stereocenters. The number of aromatic amines is 1. The molecule has 1 fully saturated rings. The molecule has 2 aromatic rings. The molecule has 19 heavy (non-hydrogen) atoms. The van der Waals surface area contributed by atoms with Gasteiger partial charge >= 0.3 is 0 Å². The molecule has 8 heteroatoms. The Kier molecular flexibility index (Phi) is 3.51. The summed E-state index contributed by atoms with van der Waals surface area (Å²) in [4.78, 5) is 8.20. The van der Waals surface area contributed by atoms with E-state index in [-0.39, 0.29) is 6.04 Å². The number of aromatic nitrogens is 6. The van der Waals surface area contributed by atoms with Gasteiger partial charge in [0.05, 0.1) is 37.7 Å². The highest BCUT2D eigenvalue weighted by molar-refractivity contribution is 4.98. The van der Waals surface area contributed by atoms with Gasteiger partial charge in [0.25, 0.3) is 0 Å². The van der Waals surface area contributed by atoms with Crippen molar-refractivity contribution in [1.82, 2.24) is 35.1 Å². The van der Waals surface area contributed by atoms with Crippen LogP contribution in [0.1, 0.15) is 24.5 Å². The van der Waals surface area contributed by atoms with Gasteiger partial charge in [-0.3, -0.25) is 10.00 Å². The highest BCUT2D eigenvalue weighted by Crippen LogP contribution is 2.22. The van der Waals surface area contributed by atoms with E-state index in [2.05, 4.69) is 30.3 Å². The van der Waals surface area contributed by atoms with E-state index in [1.54, 1.807) is 4.80 Å². The second-order valence-electron chi connectivity index (χ2n) is 4.46. The van der Waals surface area contributed by atoms with Crippen LogP contribution in [0, 0.1) is 0 Å². The van der Waals surface area contributed by atoms with Crippen LogP contribution in [-0.4, -0.2) is 54.8 Å². The van der Waals surface area contributed by atoms with Gasteiger partial charge in [-0.15, -0.1) is 0 Å². The Hall–Kier alpha value is -1.80. The summed E-state index contributed by atoms with van der Waals surface area (Å²) in [6.45, 7) is 5.76. The molecule has 8 nitrogen and oxygen atoms in total. The zero-order chi connectivity index (χ0) is 13.1. The van der Waals surface area contributed by atoms with Gasteiger partial charge in [0.2, 0.25) is 0 Å². The van der Waals surface area contributed by atoms with E-state index in [0.717, 1.165) is 37.8 Å². The highest BCUT2D eigenvalue weighted by atomic mass is 16.5. The van der Waals surface area contributed by atoms with Gasteiger partial charge in [-0.05, 0) is 6.92 Å². The van der Waals surface area contributed by atoms with Crippen molar-refractivity contribution in [3.63, 3.8) is 0 Å². The third-order valence-electron chi connectivity index (χ3n) is 3.22. The van der Waals surface area contributed by atoms with Crippen LogP contribution in [0.3, 0.4) is 0 Å². The predicted octanol–water partition coefficient (Wildman–Crippen LogP) is -0.0104. The van der Waals surface area contributed by atoms with E-state index >= 15 is 0 Å². The largest absolute Gasteiger partial charge is 0.378 e. The van der Waals surface area contributed by atoms with Gasteiger partial charge in [0, 0.05) is 13.1 Å². The minimum Gasteiger partial charge on any atom is -0.378 e. The topological polar surface area (TPSA) is 84.8 Å². The fourth-order valence-corrected chi connectivity index (χ4v) is 2.22. The zero-order valence-corrected chi connectivity index (χ0v) is 10.9. The first-order valence-electron chi connectivity index (χ1n) is 6.43.